The molecule has 36 heavy (non-hydrogen) atoms. The Bertz CT molecular complexity index is 1250. The molecule has 0 spiro atoms. The van der Waals surface area contributed by atoms with Gasteiger partial charge >= 0.3 is 44.8 Å². The van der Waals surface area contributed by atoms with Gasteiger partial charge in [-0.05, 0) is 6.07 Å². The molecule has 2 heterocycles. The Kier molecular flexibility index (Phi) is 9.81. The summed E-state index contributed by atoms with van der Waals surface area (Å²) in [6.45, 7) is -1.21. The number of rotatable bonds is 12. The average molecular weight is 627 g/mol. The summed E-state index contributed by atoms with van der Waals surface area (Å²) < 4.78 is 82.7. The van der Waals surface area contributed by atoms with Gasteiger partial charge in [-0.2, -0.15) is 17.9 Å². The molecule has 0 saturated carbocycles. The molecule has 0 radical (unpaired) electrons. The van der Waals surface area contributed by atoms with Crippen molar-refractivity contribution < 1.29 is 83.8 Å². The van der Waals surface area contributed by atoms with Crippen LogP contribution in [0.15, 0.2) is 17.1 Å². The van der Waals surface area contributed by atoms with E-state index < -0.39 is 76.3 Å². The maximum Gasteiger partial charge on any atom is 0.490 e. The van der Waals surface area contributed by atoms with Gasteiger partial charge in [0.1, 0.15) is 24.3 Å². The summed E-state index contributed by atoms with van der Waals surface area (Å²) >= 11 is 0. The second-order valence-electron chi connectivity index (χ2n) is 6.48. The second-order valence-corrected chi connectivity index (χ2v) is 13.7. The van der Waals surface area contributed by atoms with E-state index in [9.17, 15) is 37.4 Å². The fourth-order valence-corrected chi connectivity index (χ4v) is 7.40. The Morgan fingerprint density at radius 1 is 0.944 bits per heavy atom. The SMILES string of the molecule is Nc1ccn([C@H]2C[C@H](OP(=O)(O)OP(=O)(O)O)[C@@H](COP(=O)(O)OP(=O)(O)OP(=O)(O)O)O2)c(=O)n1. The fourth-order valence-electron chi connectivity index (χ4n) is 2.57. The number of nitrogens with zero attached hydrogens (tertiary/aromatic N) is 2. The highest BCUT2D eigenvalue weighted by Crippen LogP contribution is 2.66. The molecule has 1 fully saturated rings. The maximum atomic E-state index is 12.0. The summed E-state index contributed by atoms with van der Waals surface area (Å²) in [7, 11) is -28.3. The van der Waals surface area contributed by atoms with Gasteiger partial charge in [0.2, 0.25) is 0 Å². The summed E-state index contributed by atoms with van der Waals surface area (Å²) in [5, 5.41) is 0. The third-order valence-corrected chi connectivity index (χ3v) is 9.65. The molecule has 1 aromatic rings. The van der Waals surface area contributed by atoms with Crippen molar-refractivity contribution in [2.24, 2.45) is 0 Å². The molecular formula is C9H18N3O19P5. The lowest BCUT2D eigenvalue weighted by Crippen LogP contribution is -2.29. The van der Waals surface area contributed by atoms with Gasteiger partial charge in [0.15, 0.2) is 0 Å². The number of anilines is 1. The Hall–Kier alpha value is -0.690. The molecule has 1 saturated heterocycles. The smallest absolute Gasteiger partial charge is 0.383 e. The van der Waals surface area contributed by atoms with Crippen LogP contribution < -0.4 is 11.4 Å². The lowest BCUT2D eigenvalue weighted by Gasteiger charge is -2.22. The molecule has 1 aliphatic heterocycles. The molecule has 0 amide bonds. The fraction of sp³-hybridized carbons (Fsp3) is 0.556. The summed E-state index contributed by atoms with van der Waals surface area (Å²) in [5.41, 5.74) is 4.37. The lowest BCUT2D eigenvalue weighted by atomic mass is 10.2. The van der Waals surface area contributed by atoms with Crippen molar-refractivity contribution in [3.05, 3.63) is 22.7 Å². The van der Waals surface area contributed by atoms with Crippen LogP contribution in [-0.2, 0) is 49.5 Å². The second kappa shape index (κ2) is 11.2. The first-order valence-corrected chi connectivity index (χ1v) is 16.2. The zero-order chi connectivity index (χ0) is 27.7. The van der Waals surface area contributed by atoms with Crippen LogP contribution in [0.25, 0.3) is 0 Å². The van der Waals surface area contributed by atoms with E-state index in [-0.39, 0.29) is 5.82 Å². The first-order valence-electron chi connectivity index (χ1n) is 8.63. The number of nitrogens with two attached hydrogens (primary N) is 1. The molecule has 2 rings (SSSR count). The van der Waals surface area contributed by atoms with Crippen molar-refractivity contribution in [3.63, 3.8) is 0 Å². The number of hydrogen-bond acceptors (Lipinski definition) is 14. The number of phosphoric ester groups is 2. The van der Waals surface area contributed by atoms with E-state index in [2.05, 4.69) is 27.0 Å². The van der Waals surface area contributed by atoms with E-state index >= 15 is 0 Å². The molecule has 22 nitrogen and oxygen atoms in total. The van der Waals surface area contributed by atoms with Gasteiger partial charge in [0.05, 0.1) is 6.61 Å². The quantitative estimate of drug-likeness (QED) is 0.129. The molecule has 0 aliphatic carbocycles. The first-order chi connectivity index (χ1) is 16.1. The van der Waals surface area contributed by atoms with Crippen LogP contribution in [0.3, 0.4) is 0 Å². The molecular weight excluding hydrogens is 609 g/mol. The van der Waals surface area contributed by atoms with Crippen LogP contribution in [-0.4, -0.2) is 62.6 Å². The van der Waals surface area contributed by atoms with E-state index in [1.807, 2.05) is 0 Å². The Balaban J connectivity index is 2.23. The summed E-state index contributed by atoms with van der Waals surface area (Å²) in [6.07, 6.45) is -4.41. The van der Waals surface area contributed by atoms with Crippen LogP contribution >= 0.6 is 39.1 Å². The molecule has 3 unspecified atom stereocenters. The van der Waals surface area contributed by atoms with Crippen LogP contribution in [0.4, 0.5) is 5.82 Å². The van der Waals surface area contributed by atoms with E-state index in [1.54, 1.807) is 0 Å². The highest BCUT2D eigenvalue weighted by atomic mass is 31.3. The number of phosphoric acid groups is 5. The average Bonchev–Trinajstić information content (AvgIpc) is 2.96. The van der Waals surface area contributed by atoms with E-state index in [0.29, 0.717) is 0 Å². The minimum atomic E-state index is -5.87. The minimum absolute atomic E-state index is 0.193. The van der Waals surface area contributed by atoms with Gasteiger partial charge in [0.25, 0.3) is 0 Å². The number of hydrogen-bond donors (Lipinski definition) is 8. The third-order valence-electron chi connectivity index (χ3n) is 3.64. The van der Waals surface area contributed by atoms with Gasteiger partial charge in [-0.15, -0.1) is 0 Å². The van der Waals surface area contributed by atoms with Gasteiger partial charge in [0, 0.05) is 12.6 Å². The Labute approximate surface area is 198 Å². The summed E-state index contributed by atoms with van der Waals surface area (Å²) in [4.78, 5) is 78.3. The highest BCUT2D eigenvalue weighted by Gasteiger charge is 2.46. The van der Waals surface area contributed by atoms with Crippen molar-refractivity contribution in [2.45, 2.75) is 24.9 Å². The van der Waals surface area contributed by atoms with Crippen LogP contribution in [0.5, 0.6) is 0 Å². The van der Waals surface area contributed by atoms with Crippen molar-refractivity contribution in [1.82, 2.24) is 9.55 Å². The van der Waals surface area contributed by atoms with E-state index in [4.69, 9.17) is 34.9 Å². The predicted molar refractivity (Wildman–Crippen MR) is 109 cm³/mol. The Morgan fingerprint density at radius 2 is 1.50 bits per heavy atom. The molecule has 9 N–H and O–H groups in total. The number of ether oxygens (including phenoxy) is 1. The summed E-state index contributed by atoms with van der Waals surface area (Å²) in [6, 6.07) is 1.15. The van der Waals surface area contributed by atoms with Gasteiger partial charge in [-0.3, -0.25) is 13.6 Å². The zero-order valence-electron chi connectivity index (χ0n) is 17.0. The largest absolute Gasteiger partial charge is 0.490 e. The van der Waals surface area contributed by atoms with Crippen molar-refractivity contribution in [2.75, 3.05) is 12.3 Å². The molecule has 1 aromatic heterocycles. The third kappa shape index (κ3) is 10.6. The maximum absolute atomic E-state index is 12.0. The standard InChI is InChI=1S/C9H18N3O19P5/c10-7-1-2-12(9(13)11-7)8-3-5(28-35(22,23)29-32(14,15)16)6(27-8)4-26-34(20,21)31-36(24,25)30-33(17,18)19/h1-2,5-6,8H,3-4H2,(H,20,21)(H,22,23)(H,24,25)(H2,10,11,13)(H2,14,15,16)(H2,17,18,19)/t5-,6+,8+/m0/s1. The molecule has 0 bridgehead atoms. The Morgan fingerprint density at radius 3 is 2.03 bits per heavy atom. The highest BCUT2D eigenvalue weighted by molar-refractivity contribution is 7.66. The van der Waals surface area contributed by atoms with Crippen LogP contribution in [0.2, 0.25) is 0 Å². The van der Waals surface area contributed by atoms with E-state index in [0.717, 1.165) is 16.8 Å². The number of aromatic nitrogens is 2. The van der Waals surface area contributed by atoms with Crippen LogP contribution in [0, 0.1) is 0 Å². The van der Waals surface area contributed by atoms with Gasteiger partial charge in [-0.1, -0.05) is 0 Å². The number of nitrogen functional groups attached to an aromatic ring is 1. The molecule has 1 aliphatic rings. The molecule has 208 valence electrons. The monoisotopic (exact) mass is 627 g/mol. The van der Waals surface area contributed by atoms with Crippen molar-refractivity contribution >= 4 is 44.9 Å². The molecule has 6 atom stereocenters. The lowest BCUT2D eigenvalue weighted by molar-refractivity contribution is -0.0442. The van der Waals surface area contributed by atoms with Gasteiger partial charge < -0.3 is 44.7 Å². The van der Waals surface area contributed by atoms with Gasteiger partial charge in [-0.25, -0.2) is 27.6 Å². The first kappa shape index (κ1) is 31.5. The summed E-state index contributed by atoms with van der Waals surface area (Å²) in [5.74, 6) is -0.193. The minimum Gasteiger partial charge on any atom is -0.383 e. The van der Waals surface area contributed by atoms with Crippen molar-refractivity contribution in [1.29, 1.82) is 0 Å². The molecule has 0 aromatic carbocycles. The van der Waals surface area contributed by atoms with Crippen LogP contribution in [0.1, 0.15) is 12.6 Å². The topological polar surface area (TPSA) is 343 Å². The molecule has 27 heteroatoms. The normalized spacial score (nSPS) is 26.1. The predicted octanol–water partition coefficient (Wildman–Crippen LogP) is -0.949. The zero-order valence-corrected chi connectivity index (χ0v) is 21.5. The van der Waals surface area contributed by atoms with Crippen molar-refractivity contribution in [3.8, 4) is 0 Å². The van der Waals surface area contributed by atoms with E-state index in [1.165, 1.54) is 0 Å².